The van der Waals surface area contributed by atoms with Gasteiger partial charge in [-0.1, -0.05) is 0 Å². The number of hydrogen-bond donors (Lipinski definition) is 3. The maximum Gasteiger partial charge on any atom is 0.404 e. The SMILES string of the molecule is Cc1cnc(N[C@H]2CC[C@@H](NC(=O)O)CC2)cc1N(C)C. The molecule has 3 N–H and O–H groups in total. The Morgan fingerprint density at radius 2 is 1.90 bits per heavy atom. The van der Waals surface area contributed by atoms with Crippen LogP contribution in [0.25, 0.3) is 0 Å². The van der Waals surface area contributed by atoms with Gasteiger partial charge >= 0.3 is 6.09 Å². The lowest BCUT2D eigenvalue weighted by Crippen LogP contribution is -2.39. The molecular weight excluding hydrogens is 268 g/mol. The van der Waals surface area contributed by atoms with E-state index in [1.165, 1.54) is 0 Å². The molecule has 6 heteroatoms. The molecule has 2 rings (SSSR count). The number of aryl methyl sites for hydroxylation is 1. The highest BCUT2D eigenvalue weighted by Gasteiger charge is 2.22. The Balaban J connectivity index is 1.91. The van der Waals surface area contributed by atoms with Crippen LogP contribution in [0, 0.1) is 6.92 Å². The highest BCUT2D eigenvalue weighted by Crippen LogP contribution is 2.24. The summed E-state index contributed by atoms with van der Waals surface area (Å²) >= 11 is 0. The normalized spacial score (nSPS) is 21.7. The zero-order valence-corrected chi connectivity index (χ0v) is 12.9. The molecule has 0 aromatic carbocycles. The van der Waals surface area contributed by atoms with Crippen LogP contribution in [0.5, 0.6) is 0 Å². The van der Waals surface area contributed by atoms with Crippen LogP contribution in [0.15, 0.2) is 12.3 Å². The fraction of sp³-hybridized carbons (Fsp3) is 0.600. The van der Waals surface area contributed by atoms with Gasteiger partial charge in [0, 0.05) is 44.1 Å². The Morgan fingerprint density at radius 1 is 1.29 bits per heavy atom. The summed E-state index contributed by atoms with van der Waals surface area (Å²) in [5.74, 6) is 0.888. The molecule has 1 amide bonds. The maximum absolute atomic E-state index is 10.6. The Labute approximate surface area is 125 Å². The van der Waals surface area contributed by atoms with Crippen LogP contribution in [-0.4, -0.2) is 42.4 Å². The molecule has 1 aromatic rings. The van der Waals surface area contributed by atoms with Gasteiger partial charge < -0.3 is 20.6 Å². The fourth-order valence-corrected chi connectivity index (χ4v) is 2.84. The minimum atomic E-state index is -0.928. The molecule has 1 aliphatic carbocycles. The molecule has 1 heterocycles. The number of carbonyl (C=O) groups is 1. The summed E-state index contributed by atoms with van der Waals surface area (Å²) in [4.78, 5) is 17.1. The van der Waals surface area contributed by atoms with Gasteiger partial charge in [-0.25, -0.2) is 9.78 Å². The number of nitrogens with zero attached hydrogens (tertiary/aromatic N) is 2. The van der Waals surface area contributed by atoms with E-state index in [1.54, 1.807) is 0 Å². The average Bonchev–Trinajstić information content (AvgIpc) is 2.42. The van der Waals surface area contributed by atoms with Gasteiger partial charge in [0.25, 0.3) is 0 Å². The smallest absolute Gasteiger partial charge is 0.404 e. The van der Waals surface area contributed by atoms with E-state index in [2.05, 4.69) is 33.5 Å². The molecule has 6 nitrogen and oxygen atoms in total. The van der Waals surface area contributed by atoms with Crippen LogP contribution in [0.2, 0.25) is 0 Å². The van der Waals surface area contributed by atoms with Crippen molar-refractivity contribution in [3.63, 3.8) is 0 Å². The number of pyridine rings is 1. The first-order chi connectivity index (χ1) is 9.95. The van der Waals surface area contributed by atoms with Crippen LogP contribution in [-0.2, 0) is 0 Å². The van der Waals surface area contributed by atoms with Gasteiger partial charge in [-0.05, 0) is 38.2 Å². The fourth-order valence-electron chi connectivity index (χ4n) is 2.84. The van der Waals surface area contributed by atoms with E-state index in [0.29, 0.717) is 6.04 Å². The van der Waals surface area contributed by atoms with E-state index in [0.717, 1.165) is 42.8 Å². The van der Waals surface area contributed by atoms with E-state index in [4.69, 9.17) is 5.11 Å². The molecule has 1 saturated carbocycles. The number of carboxylic acid groups (broad SMARTS) is 1. The molecule has 0 spiro atoms. The number of aromatic nitrogens is 1. The molecule has 1 fully saturated rings. The molecule has 21 heavy (non-hydrogen) atoms. The molecule has 1 aromatic heterocycles. The zero-order valence-electron chi connectivity index (χ0n) is 12.9. The Morgan fingerprint density at radius 3 is 2.48 bits per heavy atom. The third-order valence-corrected chi connectivity index (χ3v) is 3.96. The van der Waals surface area contributed by atoms with E-state index in [-0.39, 0.29) is 6.04 Å². The lowest BCUT2D eigenvalue weighted by atomic mass is 9.91. The first kappa shape index (κ1) is 15.4. The molecule has 1 aliphatic rings. The topological polar surface area (TPSA) is 77.5 Å². The van der Waals surface area contributed by atoms with Gasteiger partial charge in [-0.2, -0.15) is 0 Å². The summed E-state index contributed by atoms with van der Waals surface area (Å²) in [6.07, 6.45) is 4.61. The largest absolute Gasteiger partial charge is 0.465 e. The van der Waals surface area contributed by atoms with Crippen LogP contribution >= 0.6 is 0 Å². The van der Waals surface area contributed by atoms with Gasteiger partial charge in [0.2, 0.25) is 0 Å². The van der Waals surface area contributed by atoms with Crippen molar-refractivity contribution in [3.8, 4) is 0 Å². The van der Waals surface area contributed by atoms with E-state index >= 15 is 0 Å². The van der Waals surface area contributed by atoms with Crippen LogP contribution < -0.4 is 15.5 Å². The molecule has 0 bridgehead atoms. The summed E-state index contributed by atoms with van der Waals surface area (Å²) in [6, 6.07) is 2.52. The van der Waals surface area contributed by atoms with Crippen molar-refractivity contribution in [2.75, 3.05) is 24.3 Å². The Kier molecular flexibility index (Phi) is 4.88. The number of amides is 1. The average molecular weight is 292 g/mol. The van der Waals surface area contributed by atoms with E-state index in [1.807, 2.05) is 20.3 Å². The molecule has 116 valence electrons. The molecule has 0 aliphatic heterocycles. The minimum absolute atomic E-state index is 0.0869. The summed E-state index contributed by atoms with van der Waals surface area (Å²) in [6.45, 7) is 2.05. The number of nitrogens with one attached hydrogen (secondary N) is 2. The second-order valence-electron chi connectivity index (χ2n) is 5.89. The minimum Gasteiger partial charge on any atom is -0.465 e. The summed E-state index contributed by atoms with van der Waals surface area (Å²) in [5.41, 5.74) is 2.31. The van der Waals surface area contributed by atoms with Crippen molar-refractivity contribution in [3.05, 3.63) is 17.8 Å². The van der Waals surface area contributed by atoms with Gasteiger partial charge in [-0.3, -0.25) is 0 Å². The number of rotatable bonds is 4. The highest BCUT2D eigenvalue weighted by atomic mass is 16.4. The Hall–Kier alpha value is -1.98. The molecule has 0 atom stereocenters. The third-order valence-electron chi connectivity index (χ3n) is 3.96. The van der Waals surface area contributed by atoms with Gasteiger partial charge in [-0.15, -0.1) is 0 Å². The second-order valence-corrected chi connectivity index (χ2v) is 5.89. The summed E-state index contributed by atoms with van der Waals surface area (Å²) in [7, 11) is 4.05. The maximum atomic E-state index is 10.6. The van der Waals surface area contributed by atoms with Gasteiger partial charge in [0.15, 0.2) is 0 Å². The van der Waals surface area contributed by atoms with Crippen molar-refractivity contribution in [1.29, 1.82) is 0 Å². The predicted molar refractivity (Wildman–Crippen MR) is 84.1 cm³/mol. The first-order valence-corrected chi connectivity index (χ1v) is 7.35. The quantitative estimate of drug-likeness (QED) is 0.794. The summed E-state index contributed by atoms with van der Waals surface area (Å²) in [5, 5.41) is 14.8. The van der Waals surface area contributed by atoms with E-state index < -0.39 is 6.09 Å². The van der Waals surface area contributed by atoms with Gasteiger partial charge in [0.1, 0.15) is 5.82 Å². The monoisotopic (exact) mass is 292 g/mol. The van der Waals surface area contributed by atoms with Crippen molar-refractivity contribution in [2.24, 2.45) is 0 Å². The van der Waals surface area contributed by atoms with Crippen LogP contribution in [0.1, 0.15) is 31.2 Å². The standard InChI is InChI=1S/C15H24N4O2/c1-10-9-16-14(8-13(10)19(2)3)17-11-4-6-12(7-5-11)18-15(20)21/h8-9,11-12,18H,4-7H2,1-3H3,(H,16,17)(H,20,21)/t11-,12+. The zero-order chi connectivity index (χ0) is 15.4. The lowest BCUT2D eigenvalue weighted by Gasteiger charge is -2.29. The molecular formula is C15H24N4O2. The third kappa shape index (κ3) is 4.24. The lowest BCUT2D eigenvalue weighted by molar-refractivity contribution is 0.185. The Bertz CT molecular complexity index is 496. The van der Waals surface area contributed by atoms with Crippen molar-refractivity contribution < 1.29 is 9.90 Å². The second kappa shape index (κ2) is 6.65. The molecule has 0 unspecified atom stereocenters. The van der Waals surface area contributed by atoms with Crippen molar-refractivity contribution in [1.82, 2.24) is 10.3 Å². The van der Waals surface area contributed by atoms with Crippen LogP contribution in [0.4, 0.5) is 16.3 Å². The van der Waals surface area contributed by atoms with Crippen LogP contribution in [0.3, 0.4) is 0 Å². The predicted octanol–water partition coefficient (Wildman–Crippen LogP) is 2.45. The van der Waals surface area contributed by atoms with Crippen molar-refractivity contribution >= 4 is 17.6 Å². The number of anilines is 2. The first-order valence-electron chi connectivity index (χ1n) is 7.35. The molecule has 0 saturated heterocycles. The van der Waals surface area contributed by atoms with E-state index in [9.17, 15) is 4.79 Å². The molecule has 0 radical (unpaired) electrons. The van der Waals surface area contributed by atoms with Crippen molar-refractivity contribution in [2.45, 2.75) is 44.7 Å². The summed E-state index contributed by atoms with van der Waals surface area (Å²) < 4.78 is 0. The highest BCUT2D eigenvalue weighted by molar-refractivity contribution is 5.64. The number of hydrogen-bond acceptors (Lipinski definition) is 4. The van der Waals surface area contributed by atoms with Gasteiger partial charge in [0.05, 0.1) is 0 Å².